The third kappa shape index (κ3) is 3.65. The van der Waals surface area contributed by atoms with Crippen LogP contribution in [0, 0.1) is 0 Å². The molecule has 3 heterocycles. The van der Waals surface area contributed by atoms with Gasteiger partial charge in [-0.25, -0.2) is 15.1 Å². The lowest BCUT2D eigenvalue weighted by Crippen LogP contribution is -2.36. The lowest BCUT2D eigenvalue weighted by molar-refractivity contribution is -0.151. The van der Waals surface area contributed by atoms with Gasteiger partial charge < -0.3 is 29.6 Å². The zero-order chi connectivity index (χ0) is 18.0. The minimum absolute atomic E-state index is 0.0145. The second-order valence-corrected chi connectivity index (χ2v) is 5.76. The molecule has 3 rings (SSSR count). The Labute approximate surface area is 141 Å². The molecule has 138 valence electrons. The summed E-state index contributed by atoms with van der Waals surface area (Å²) in [6.07, 6.45) is -2.93. The van der Waals surface area contributed by atoms with Crippen molar-refractivity contribution in [1.82, 2.24) is 9.55 Å². The van der Waals surface area contributed by atoms with Crippen LogP contribution in [0.25, 0.3) is 0 Å². The van der Waals surface area contributed by atoms with Gasteiger partial charge in [-0.05, 0) is 12.8 Å². The Morgan fingerprint density at radius 1 is 1.44 bits per heavy atom. The van der Waals surface area contributed by atoms with Crippen molar-refractivity contribution in [2.75, 3.05) is 18.7 Å². The number of anilines is 1. The van der Waals surface area contributed by atoms with Gasteiger partial charge in [-0.2, -0.15) is 4.98 Å². The summed E-state index contributed by atoms with van der Waals surface area (Å²) < 4.78 is 11.4. The monoisotopic (exact) mass is 357 g/mol. The predicted molar refractivity (Wildman–Crippen MR) is 80.2 cm³/mol. The molecule has 0 bridgehead atoms. The van der Waals surface area contributed by atoms with Crippen LogP contribution in [0.3, 0.4) is 0 Å². The number of rotatable bonds is 5. The Bertz CT molecular complexity index is 674. The Balaban J connectivity index is 1.65. The molecule has 1 aromatic rings. The van der Waals surface area contributed by atoms with Crippen molar-refractivity contribution in [3.8, 4) is 0 Å². The highest BCUT2D eigenvalue weighted by atomic mass is 16.7. The molecule has 0 radical (unpaired) electrons. The summed E-state index contributed by atoms with van der Waals surface area (Å²) in [6, 6.07) is 1.33. The number of hydrogen-bond donors (Lipinski definition) is 4. The minimum Gasteiger partial charge on any atom is -0.394 e. The largest absolute Gasteiger partial charge is 0.394 e. The smallest absolute Gasteiger partial charge is 0.360 e. The van der Waals surface area contributed by atoms with Gasteiger partial charge in [0.2, 0.25) is 0 Å². The first kappa shape index (κ1) is 17.8. The highest BCUT2D eigenvalue weighted by Crippen LogP contribution is 2.28. The summed E-state index contributed by atoms with van der Waals surface area (Å²) in [5, 5.41) is 28.7. The second-order valence-electron chi connectivity index (χ2n) is 5.76. The van der Waals surface area contributed by atoms with E-state index in [0.29, 0.717) is 13.0 Å². The van der Waals surface area contributed by atoms with Gasteiger partial charge in [-0.15, -0.1) is 0 Å². The van der Waals surface area contributed by atoms with Gasteiger partial charge in [-0.1, -0.05) is 0 Å². The van der Waals surface area contributed by atoms with Crippen LogP contribution >= 0.6 is 0 Å². The van der Waals surface area contributed by atoms with Crippen LogP contribution in [0.1, 0.15) is 19.1 Å². The van der Waals surface area contributed by atoms with Crippen molar-refractivity contribution in [3.63, 3.8) is 0 Å². The molecule has 1 aromatic heterocycles. The Morgan fingerprint density at radius 2 is 2.24 bits per heavy atom. The third-order valence-corrected chi connectivity index (χ3v) is 4.07. The minimum atomic E-state index is -1.40. The maximum Gasteiger partial charge on any atom is 0.360 e. The number of hydrogen-bond acceptors (Lipinski definition) is 10. The van der Waals surface area contributed by atoms with Crippen molar-refractivity contribution in [2.24, 2.45) is 0 Å². The molecular weight excluding hydrogens is 338 g/mol. The Kier molecular flexibility index (Phi) is 5.30. The molecule has 0 aromatic carbocycles. The number of carbonyl (C=O) groups excluding carboxylic acids is 1. The van der Waals surface area contributed by atoms with E-state index in [1.54, 1.807) is 0 Å². The molecule has 4 N–H and O–H groups in total. The van der Waals surface area contributed by atoms with E-state index in [1.807, 2.05) is 0 Å². The molecule has 2 aliphatic rings. The molecule has 0 amide bonds. The van der Waals surface area contributed by atoms with E-state index in [1.165, 1.54) is 12.3 Å². The van der Waals surface area contributed by atoms with E-state index in [0.717, 1.165) is 11.0 Å². The number of carbonyl (C=O) groups is 1. The van der Waals surface area contributed by atoms with E-state index in [2.05, 4.69) is 10.5 Å². The standard InChI is InChI=1S/C14H19N3O8/c18-6-8-10(19)11(20)12(24-8)17-4-3-9(15-14(17)22)16-25-13(21)7-2-1-5-23-7/h3-4,7-8,10-12,18-20H,1-2,5-6H2,(H,15,16,22)/t7?,8-,10-,11-,12-/m1/s1. The number of aliphatic hydroxyl groups excluding tert-OH is 3. The SMILES string of the molecule is O=C(ONc1ccn([C@@H]2O[C@H](CO)[C@@H](O)[C@H]2O)c(=O)n1)C1CCCO1. The molecule has 5 atom stereocenters. The maximum absolute atomic E-state index is 12.1. The number of nitrogens with one attached hydrogen (secondary N) is 1. The highest BCUT2D eigenvalue weighted by molar-refractivity contribution is 5.75. The van der Waals surface area contributed by atoms with Gasteiger partial charge in [0.05, 0.1) is 6.61 Å². The number of aliphatic hydroxyl groups is 3. The molecule has 0 saturated carbocycles. The molecule has 0 spiro atoms. The average molecular weight is 357 g/mol. The molecular formula is C14H19N3O8. The average Bonchev–Trinajstić information content (AvgIpc) is 3.23. The molecule has 2 fully saturated rings. The van der Waals surface area contributed by atoms with Crippen LogP contribution in [0.4, 0.5) is 5.82 Å². The second kappa shape index (κ2) is 7.45. The summed E-state index contributed by atoms with van der Waals surface area (Å²) in [6.45, 7) is -0.00576. The summed E-state index contributed by atoms with van der Waals surface area (Å²) in [7, 11) is 0. The Morgan fingerprint density at radius 3 is 2.84 bits per heavy atom. The lowest BCUT2D eigenvalue weighted by atomic mass is 10.1. The molecule has 11 nitrogen and oxygen atoms in total. The zero-order valence-electron chi connectivity index (χ0n) is 13.1. The third-order valence-electron chi connectivity index (χ3n) is 4.07. The van der Waals surface area contributed by atoms with Gasteiger partial charge in [-0.3, -0.25) is 4.57 Å². The van der Waals surface area contributed by atoms with E-state index >= 15 is 0 Å². The highest BCUT2D eigenvalue weighted by Gasteiger charge is 2.43. The topological polar surface area (TPSA) is 152 Å². The summed E-state index contributed by atoms with van der Waals surface area (Å²) in [5.74, 6) is -0.619. The first-order valence-electron chi connectivity index (χ1n) is 7.81. The van der Waals surface area contributed by atoms with E-state index in [-0.39, 0.29) is 5.82 Å². The van der Waals surface area contributed by atoms with Crippen LogP contribution < -0.4 is 11.2 Å². The quantitative estimate of drug-likeness (QED) is 0.431. The number of nitrogens with zero attached hydrogens (tertiary/aromatic N) is 2. The lowest BCUT2D eigenvalue weighted by Gasteiger charge is -2.17. The summed E-state index contributed by atoms with van der Waals surface area (Å²) in [5.41, 5.74) is 1.48. The zero-order valence-corrected chi connectivity index (χ0v) is 13.1. The van der Waals surface area contributed by atoms with Gasteiger partial charge in [0, 0.05) is 18.9 Å². The van der Waals surface area contributed by atoms with Gasteiger partial charge in [0.15, 0.2) is 18.1 Å². The van der Waals surface area contributed by atoms with Gasteiger partial charge in [0.1, 0.15) is 18.3 Å². The molecule has 1 unspecified atom stereocenters. The fraction of sp³-hybridized carbons (Fsp3) is 0.643. The number of aromatic nitrogens is 2. The van der Waals surface area contributed by atoms with Crippen LogP contribution in [0.15, 0.2) is 17.1 Å². The number of ether oxygens (including phenoxy) is 2. The van der Waals surface area contributed by atoms with Crippen LogP contribution in [-0.2, 0) is 19.1 Å². The van der Waals surface area contributed by atoms with Crippen LogP contribution in [0.5, 0.6) is 0 Å². The van der Waals surface area contributed by atoms with Crippen molar-refractivity contribution in [1.29, 1.82) is 0 Å². The normalized spacial score (nSPS) is 31.9. The first-order valence-corrected chi connectivity index (χ1v) is 7.81. The molecule has 0 aliphatic carbocycles. The summed E-state index contributed by atoms with van der Waals surface area (Å²) in [4.78, 5) is 32.3. The fourth-order valence-electron chi connectivity index (χ4n) is 2.70. The molecule has 2 saturated heterocycles. The maximum atomic E-state index is 12.1. The molecule has 2 aliphatic heterocycles. The van der Waals surface area contributed by atoms with Crippen molar-refractivity contribution in [2.45, 2.75) is 43.5 Å². The van der Waals surface area contributed by atoms with Crippen molar-refractivity contribution in [3.05, 3.63) is 22.7 Å². The molecule has 11 heteroatoms. The van der Waals surface area contributed by atoms with Gasteiger partial charge in [0.25, 0.3) is 0 Å². The summed E-state index contributed by atoms with van der Waals surface area (Å²) >= 11 is 0. The van der Waals surface area contributed by atoms with Crippen molar-refractivity contribution < 1.29 is 34.4 Å². The fourth-order valence-corrected chi connectivity index (χ4v) is 2.70. The molecule has 25 heavy (non-hydrogen) atoms. The predicted octanol–water partition coefficient (Wildman–Crippen LogP) is -2.10. The van der Waals surface area contributed by atoms with E-state index < -0.39 is 48.9 Å². The van der Waals surface area contributed by atoms with E-state index in [9.17, 15) is 19.8 Å². The van der Waals surface area contributed by atoms with E-state index in [4.69, 9.17) is 19.4 Å². The van der Waals surface area contributed by atoms with Gasteiger partial charge >= 0.3 is 11.7 Å². The van der Waals surface area contributed by atoms with Crippen LogP contribution in [-0.4, -0.2) is 68.5 Å². The Hall–Kier alpha value is -2.05. The first-order chi connectivity index (χ1) is 12.0. The van der Waals surface area contributed by atoms with Crippen molar-refractivity contribution >= 4 is 11.8 Å². The van der Waals surface area contributed by atoms with Crippen LogP contribution in [0.2, 0.25) is 0 Å².